The van der Waals surface area contributed by atoms with Crippen LogP contribution in [0.1, 0.15) is 25.0 Å². The average molecular weight is 295 g/mol. The third-order valence-electron chi connectivity index (χ3n) is 3.31. The van der Waals surface area contributed by atoms with E-state index in [2.05, 4.69) is 35.1 Å². The maximum atomic E-state index is 5.44. The molecule has 0 saturated heterocycles. The number of ether oxygens (including phenoxy) is 2. The minimum Gasteiger partial charge on any atom is -0.383 e. The zero-order valence-corrected chi connectivity index (χ0v) is 13.8. The fourth-order valence-electron chi connectivity index (χ4n) is 2.19. The van der Waals surface area contributed by atoms with Crippen molar-refractivity contribution in [2.75, 3.05) is 51.5 Å². The summed E-state index contributed by atoms with van der Waals surface area (Å²) in [7, 11) is 1.71. The third-order valence-corrected chi connectivity index (χ3v) is 3.31. The molecule has 1 aromatic rings. The Kier molecular flexibility index (Phi) is 8.98. The first-order valence-corrected chi connectivity index (χ1v) is 7.70. The Labute approximate surface area is 128 Å². The summed E-state index contributed by atoms with van der Waals surface area (Å²) in [6, 6.07) is 2.20. The summed E-state index contributed by atoms with van der Waals surface area (Å²) in [5.74, 6) is 1.05. The van der Waals surface area contributed by atoms with Crippen LogP contribution in [0.2, 0.25) is 0 Å². The van der Waals surface area contributed by atoms with E-state index in [1.807, 2.05) is 13.1 Å². The highest BCUT2D eigenvalue weighted by atomic mass is 16.5. The number of pyridine rings is 1. The summed E-state index contributed by atoms with van der Waals surface area (Å²) < 4.78 is 10.5. The van der Waals surface area contributed by atoms with Gasteiger partial charge in [0.15, 0.2) is 0 Å². The number of nitrogens with zero attached hydrogens (tertiary/aromatic N) is 2. The van der Waals surface area contributed by atoms with Crippen molar-refractivity contribution < 1.29 is 9.47 Å². The van der Waals surface area contributed by atoms with Gasteiger partial charge in [-0.15, -0.1) is 0 Å². The second kappa shape index (κ2) is 10.5. The van der Waals surface area contributed by atoms with E-state index in [4.69, 9.17) is 9.47 Å². The van der Waals surface area contributed by atoms with Gasteiger partial charge in [-0.3, -0.25) is 0 Å². The van der Waals surface area contributed by atoms with E-state index in [-0.39, 0.29) is 0 Å². The van der Waals surface area contributed by atoms with E-state index in [1.165, 1.54) is 11.1 Å². The van der Waals surface area contributed by atoms with Gasteiger partial charge < -0.3 is 19.7 Å². The number of rotatable bonds is 11. The molecule has 0 bridgehead atoms. The number of aryl methyl sites for hydroxylation is 1. The number of nitrogens with one attached hydrogen (secondary N) is 1. The van der Waals surface area contributed by atoms with Crippen molar-refractivity contribution in [1.82, 2.24) is 10.3 Å². The lowest BCUT2D eigenvalue weighted by molar-refractivity contribution is 0.154. The highest BCUT2D eigenvalue weighted by molar-refractivity contribution is 5.47. The van der Waals surface area contributed by atoms with Crippen LogP contribution in [0.15, 0.2) is 12.3 Å². The molecule has 0 aliphatic rings. The Bertz CT molecular complexity index is 399. The zero-order valence-electron chi connectivity index (χ0n) is 13.8. The zero-order chi connectivity index (χ0) is 15.5. The molecular weight excluding hydrogens is 266 g/mol. The standard InChI is InChI=1S/C16H29N3O2/c1-5-19(8-10-21-6-2)16-14(3)11-15(13-18-16)12-17-7-9-20-4/h11,13,17H,5-10,12H2,1-4H3. The summed E-state index contributed by atoms with van der Waals surface area (Å²) >= 11 is 0. The molecule has 0 unspecified atom stereocenters. The lowest BCUT2D eigenvalue weighted by atomic mass is 10.2. The van der Waals surface area contributed by atoms with Gasteiger partial charge in [-0.05, 0) is 38.0 Å². The Morgan fingerprint density at radius 1 is 1.29 bits per heavy atom. The molecule has 21 heavy (non-hydrogen) atoms. The van der Waals surface area contributed by atoms with E-state index >= 15 is 0 Å². The van der Waals surface area contributed by atoms with Crippen LogP contribution in [0.3, 0.4) is 0 Å². The van der Waals surface area contributed by atoms with Gasteiger partial charge in [0.25, 0.3) is 0 Å². The molecule has 0 atom stereocenters. The van der Waals surface area contributed by atoms with E-state index in [9.17, 15) is 0 Å². The molecule has 0 aromatic carbocycles. The van der Waals surface area contributed by atoms with Gasteiger partial charge in [0.2, 0.25) is 0 Å². The first-order valence-electron chi connectivity index (χ1n) is 7.70. The van der Waals surface area contributed by atoms with Gasteiger partial charge in [0.05, 0.1) is 13.2 Å². The second-order valence-corrected chi connectivity index (χ2v) is 4.93. The maximum Gasteiger partial charge on any atom is 0.131 e. The minimum absolute atomic E-state index is 0.728. The fourth-order valence-corrected chi connectivity index (χ4v) is 2.19. The van der Waals surface area contributed by atoms with E-state index in [0.29, 0.717) is 0 Å². The lowest BCUT2D eigenvalue weighted by Crippen LogP contribution is -2.29. The van der Waals surface area contributed by atoms with Crippen molar-refractivity contribution in [2.45, 2.75) is 27.3 Å². The number of anilines is 1. The molecule has 0 saturated carbocycles. The van der Waals surface area contributed by atoms with Crippen molar-refractivity contribution in [1.29, 1.82) is 0 Å². The largest absolute Gasteiger partial charge is 0.383 e. The average Bonchev–Trinajstić information content (AvgIpc) is 2.49. The maximum absolute atomic E-state index is 5.44. The molecule has 5 nitrogen and oxygen atoms in total. The highest BCUT2D eigenvalue weighted by Gasteiger charge is 2.09. The fraction of sp³-hybridized carbons (Fsp3) is 0.688. The Balaban J connectivity index is 2.58. The van der Waals surface area contributed by atoms with Gasteiger partial charge in [0, 0.05) is 46.1 Å². The SMILES string of the molecule is CCOCCN(CC)c1ncc(CNCCOC)cc1C. The summed E-state index contributed by atoms with van der Waals surface area (Å²) in [5, 5.41) is 3.34. The minimum atomic E-state index is 0.728. The molecule has 0 aliphatic heterocycles. The van der Waals surface area contributed by atoms with E-state index in [1.54, 1.807) is 7.11 Å². The number of likely N-dealkylation sites (N-methyl/N-ethyl adjacent to an activating group) is 1. The van der Waals surface area contributed by atoms with Crippen LogP contribution in [-0.4, -0.2) is 51.5 Å². The summed E-state index contributed by atoms with van der Waals surface area (Å²) in [6.07, 6.45) is 1.95. The van der Waals surface area contributed by atoms with Crippen molar-refractivity contribution in [2.24, 2.45) is 0 Å². The van der Waals surface area contributed by atoms with Crippen LogP contribution in [0.4, 0.5) is 5.82 Å². The van der Waals surface area contributed by atoms with Crippen LogP contribution in [0.5, 0.6) is 0 Å². The van der Waals surface area contributed by atoms with Gasteiger partial charge in [0.1, 0.15) is 5.82 Å². The van der Waals surface area contributed by atoms with Crippen LogP contribution in [-0.2, 0) is 16.0 Å². The first kappa shape index (κ1) is 17.9. The highest BCUT2D eigenvalue weighted by Crippen LogP contribution is 2.17. The van der Waals surface area contributed by atoms with Gasteiger partial charge in [-0.25, -0.2) is 4.98 Å². The van der Waals surface area contributed by atoms with Crippen LogP contribution >= 0.6 is 0 Å². The predicted molar refractivity (Wildman–Crippen MR) is 86.9 cm³/mol. The van der Waals surface area contributed by atoms with Crippen molar-refractivity contribution in [3.8, 4) is 0 Å². The van der Waals surface area contributed by atoms with E-state index in [0.717, 1.165) is 51.8 Å². The summed E-state index contributed by atoms with van der Waals surface area (Å²) in [5.41, 5.74) is 2.41. The smallest absolute Gasteiger partial charge is 0.131 e. The molecule has 5 heteroatoms. The summed E-state index contributed by atoms with van der Waals surface area (Å²) in [4.78, 5) is 6.88. The molecule has 1 aromatic heterocycles. The normalized spacial score (nSPS) is 10.9. The first-order chi connectivity index (χ1) is 10.2. The molecular formula is C16H29N3O2. The van der Waals surface area contributed by atoms with Crippen LogP contribution in [0.25, 0.3) is 0 Å². The quantitative estimate of drug-likeness (QED) is 0.633. The molecule has 1 heterocycles. The molecule has 0 spiro atoms. The molecule has 0 aliphatic carbocycles. The molecule has 1 N–H and O–H groups in total. The molecule has 0 radical (unpaired) electrons. The van der Waals surface area contributed by atoms with Gasteiger partial charge in [-0.2, -0.15) is 0 Å². The molecule has 120 valence electrons. The van der Waals surface area contributed by atoms with Gasteiger partial charge in [-0.1, -0.05) is 0 Å². The van der Waals surface area contributed by atoms with E-state index < -0.39 is 0 Å². The Hall–Kier alpha value is -1.17. The third kappa shape index (κ3) is 6.42. The Morgan fingerprint density at radius 2 is 2.10 bits per heavy atom. The van der Waals surface area contributed by atoms with Crippen molar-refractivity contribution in [3.05, 3.63) is 23.4 Å². The van der Waals surface area contributed by atoms with Crippen LogP contribution in [0, 0.1) is 6.92 Å². The lowest BCUT2D eigenvalue weighted by Gasteiger charge is -2.23. The van der Waals surface area contributed by atoms with Crippen LogP contribution < -0.4 is 10.2 Å². The number of hydrogen-bond acceptors (Lipinski definition) is 5. The monoisotopic (exact) mass is 295 g/mol. The molecule has 0 amide bonds. The Morgan fingerprint density at radius 3 is 2.71 bits per heavy atom. The molecule has 1 rings (SSSR count). The topological polar surface area (TPSA) is 46.6 Å². The number of methoxy groups -OCH3 is 1. The van der Waals surface area contributed by atoms with Gasteiger partial charge >= 0.3 is 0 Å². The predicted octanol–water partition coefficient (Wildman–Crippen LogP) is 1.99. The number of aromatic nitrogens is 1. The number of hydrogen-bond donors (Lipinski definition) is 1. The van der Waals surface area contributed by atoms with Crippen molar-refractivity contribution >= 4 is 5.82 Å². The van der Waals surface area contributed by atoms with Crippen molar-refractivity contribution in [3.63, 3.8) is 0 Å². The molecule has 0 fully saturated rings. The summed E-state index contributed by atoms with van der Waals surface area (Å²) in [6.45, 7) is 12.0. The second-order valence-electron chi connectivity index (χ2n) is 4.93.